The molecule has 0 fully saturated rings. The normalized spacial score (nSPS) is 16.5. The third-order valence-corrected chi connectivity index (χ3v) is 6.96. The predicted molar refractivity (Wildman–Crippen MR) is 133 cm³/mol. The molecule has 0 saturated carbocycles. The average molecular weight is 480 g/mol. The maximum absolute atomic E-state index is 13.0. The topological polar surface area (TPSA) is 39.0 Å². The molecule has 2 aromatic carbocycles. The Labute approximate surface area is 202 Å². The molecule has 35 heavy (non-hydrogen) atoms. The van der Waals surface area contributed by atoms with Gasteiger partial charge in [0.2, 0.25) is 0 Å². The minimum atomic E-state index is -4.39. The number of nitrogens with zero attached hydrogens (tertiary/aromatic N) is 2. The molecular weight excluding hydrogens is 451 g/mol. The monoisotopic (exact) mass is 479 g/mol. The summed E-state index contributed by atoms with van der Waals surface area (Å²) in [6, 6.07) is 14.4. The molecule has 1 atom stereocenters. The lowest BCUT2D eigenvalue weighted by molar-refractivity contribution is -0.137. The molecule has 1 aliphatic heterocycles. The lowest BCUT2D eigenvalue weighted by Crippen LogP contribution is -2.38. The van der Waals surface area contributed by atoms with E-state index in [4.69, 9.17) is 0 Å². The van der Waals surface area contributed by atoms with Crippen LogP contribution in [0, 0.1) is 5.41 Å². The second-order valence-electron chi connectivity index (χ2n) is 10.3. The molecule has 3 heterocycles. The van der Waals surface area contributed by atoms with Crippen molar-refractivity contribution in [2.24, 2.45) is 12.5 Å². The van der Waals surface area contributed by atoms with Crippen LogP contribution >= 0.6 is 0 Å². The molecule has 1 aliphatic rings. The van der Waals surface area contributed by atoms with Gasteiger partial charge < -0.3 is 9.88 Å². The highest BCUT2D eigenvalue weighted by atomic mass is 19.4. The van der Waals surface area contributed by atoms with Crippen LogP contribution in [0.15, 0.2) is 65.6 Å². The first kappa shape index (κ1) is 23.4. The molecule has 0 aliphatic carbocycles. The number of hydrogen-bond acceptors (Lipinski definition) is 2. The number of nitrogens with one attached hydrogen (secondary N) is 1. The Kier molecular flexibility index (Phi) is 5.44. The van der Waals surface area contributed by atoms with Gasteiger partial charge in [0.05, 0.1) is 16.8 Å². The Morgan fingerprint density at radius 2 is 1.66 bits per heavy atom. The summed E-state index contributed by atoms with van der Waals surface area (Å²) in [5.41, 5.74) is 4.73. The van der Waals surface area contributed by atoms with E-state index in [-0.39, 0.29) is 17.0 Å². The molecule has 7 heteroatoms. The lowest BCUT2D eigenvalue weighted by Gasteiger charge is -2.35. The number of fused-ring (bicyclic) bond motifs is 3. The molecule has 0 amide bonds. The van der Waals surface area contributed by atoms with Gasteiger partial charge in [-0.1, -0.05) is 39.0 Å². The van der Waals surface area contributed by atoms with Crippen LogP contribution in [0.1, 0.15) is 43.6 Å². The molecular formula is C28H28F3N3O. The molecule has 4 aromatic rings. The lowest BCUT2D eigenvalue weighted by atomic mass is 9.79. The van der Waals surface area contributed by atoms with Crippen LogP contribution in [0.5, 0.6) is 0 Å². The van der Waals surface area contributed by atoms with Gasteiger partial charge in [0.1, 0.15) is 0 Å². The zero-order valence-electron chi connectivity index (χ0n) is 20.2. The minimum Gasteiger partial charge on any atom is -0.347 e. The Hall–Kier alpha value is -3.32. The van der Waals surface area contributed by atoms with Crippen LogP contribution in [0.2, 0.25) is 0 Å². The second kappa shape index (κ2) is 8.12. The van der Waals surface area contributed by atoms with Crippen molar-refractivity contribution >= 4 is 10.9 Å². The van der Waals surface area contributed by atoms with E-state index < -0.39 is 11.7 Å². The molecule has 0 radical (unpaired) electrons. The summed E-state index contributed by atoms with van der Waals surface area (Å²) in [6.45, 7) is 7.65. The van der Waals surface area contributed by atoms with Crippen molar-refractivity contribution in [3.8, 4) is 16.8 Å². The van der Waals surface area contributed by atoms with Gasteiger partial charge in [0.25, 0.3) is 5.56 Å². The summed E-state index contributed by atoms with van der Waals surface area (Å²) in [7, 11) is 2.08. The third kappa shape index (κ3) is 4.08. The third-order valence-electron chi connectivity index (χ3n) is 6.96. The predicted octanol–water partition coefficient (Wildman–Crippen LogP) is 6.25. The van der Waals surface area contributed by atoms with E-state index in [0.717, 1.165) is 36.3 Å². The van der Waals surface area contributed by atoms with E-state index in [1.807, 2.05) is 12.1 Å². The zero-order chi connectivity index (χ0) is 25.1. The molecule has 0 bridgehead atoms. The first-order valence-electron chi connectivity index (χ1n) is 11.7. The first-order valence-corrected chi connectivity index (χ1v) is 11.7. The van der Waals surface area contributed by atoms with Gasteiger partial charge in [-0.2, -0.15) is 13.2 Å². The number of rotatable bonds is 2. The largest absolute Gasteiger partial charge is 0.416 e. The number of pyridine rings is 1. The number of halogens is 3. The van der Waals surface area contributed by atoms with Gasteiger partial charge in [-0.15, -0.1) is 0 Å². The number of hydrogen-bond donors (Lipinski definition) is 1. The van der Waals surface area contributed by atoms with Crippen LogP contribution in [0.4, 0.5) is 13.2 Å². The highest BCUT2D eigenvalue weighted by Gasteiger charge is 2.34. The Morgan fingerprint density at radius 1 is 0.943 bits per heavy atom. The van der Waals surface area contributed by atoms with Crippen molar-refractivity contribution in [3.05, 3.63) is 88.0 Å². The fourth-order valence-corrected chi connectivity index (χ4v) is 5.18. The molecule has 182 valence electrons. The molecule has 5 rings (SSSR count). The van der Waals surface area contributed by atoms with Crippen LogP contribution < -0.4 is 10.9 Å². The smallest absolute Gasteiger partial charge is 0.347 e. The number of benzene rings is 2. The van der Waals surface area contributed by atoms with Gasteiger partial charge in [-0.3, -0.25) is 9.36 Å². The first-order chi connectivity index (χ1) is 16.4. The van der Waals surface area contributed by atoms with E-state index in [1.165, 1.54) is 34.8 Å². The summed E-state index contributed by atoms with van der Waals surface area (Å²) in [4.78, 5) is 13.0. The highest BCUT2D eigenvalue weighted by molar-refractivity contribution is 5.88. The van der Waals surface area contributed by atoms with Crippen molar-refractivity contribution in [2.45, 2.75) is 39.4 Å². The maximum Gasteiger partial charge on any atom is 0.416 e. The van der Waals surface area contributed by atoms with E-state index in [1.54, 1.807) is 16.8 Å². The summed E-state index contributed by atoms with van der Waals surface area (Å²) < 4.78 is 42.4. The van der Waals surface area contributed by atoms with Crippen LogP contribution in [-0.4, -0.2) is 15.7 Å². The number of aromatic nitrogens is 2. The Morgan fingerprint density at radius 3 is 2.29 bits per heavy atom. The summed E-state index contributed by atoms with van der Waals surface area (Å²) in [5.74, 6) is 0. The van der Waals surface area contributed by atoms with E-state index >= 15 is 0 Å². The molecule has 4 nitrogen and oxygen atoms in total. The fraction of sp³-hybridized carbons (Fsp3) is 0.321. The van der Waals surface area contributed by atoms with Gasteiger partial charge in [0, 0.05) is 49.4 Å². The summed E-state index contributed by atoms with van der Waals surface area (Å²) in [5, 5.41) is 4.87. The van der Waals surface area contributed by atoms with Crippen LogP contribution in [0.3, 0.4) is 0 Å². The van der Waals surface area contributed by atoms with Crippen LogP contribution in [0.25, 0.3) is 27.7 Å². The fourth-order valence-electron chi connectivity index (χ4n) is 5.18. The van der Waals surface area contributed by atoms with E-state index in [9.17, 15) is 18.0 Å². The van der Waals surface area contributed by atoms with Crippen molar-refractivity contribution in [1.29, 1.82) is 0 Å². The van der Waals surface area contributed by atoms with Gasteiger partial charge in [-0.25, -0.2) is 0 Å². The Bertz CT molecular complexity index is 1470. The summed E-state index contributed by atoms with van der Waals surface area (Å²) >= 11 is 0. The molecule has 1 N–H and O–H groups in total. The molecule has 1 unspecified atom stereocenters. The van der Waals surface area contributed by atoms with Crippen molar-refractivity contribution in [2.75, 3.05) is 6.54 Å². The average Bonchev–Trinajstić information content (AvgIpc) is 3.09. The molecule has 0 spiro atoms. The molecule has 0 saturated heterocycles. The quantitative estimate of drug-likeness (QED) is 0.369. The van der Waals surface area contributed by atoms with Gasteiger partial charge in [-0.05, 0) is 52.4 Å². The van der Waals surface area contributed by atoms with E-state index in [0.29, 0.717) is 11.1 Å². The maximum atomic E-state index is 13.0. The Balaban J connectivity index is 1.54. The van der Waals surface area contributed by atoms with Gasteiger partial charge in [0.15, 0.2) is 0 Å². The second-order valence-corrected chi connectivity index (χ2v) is 10.3. The number of alkyl halides is 3. The standard InChI is InChI=1S/C28H28F3N3O/c1-27(2,3)26-25-21-10-9-20(16-23(21)33(4)22(25)11-13-32-26)34-14-12-18(15-24(34)35)17-5-7-19(8-6-17)28(29,30)31/h5-10,12,14-16,26,32H,11,13H2,1-4H3. The number of aryl methyl sites for hydroxylation is 1. The SMILES string of the molecule is Cn1c2c(c3ccc(-n4ccc(-c5ccc(C(F)(F)F)cc5)cc4=O)cc31)C(C(C)(C)C)NCC2. The van der Waals surface area contributed by atoms with E-state index in [2.05, 4.69) is 43.8 Å². The zero-order valence-corrected chi connectivity index (χ0v) is 20.2. The minimum absolute atomic E-state index is 0.0627. The van der Waals surface area contributed by atoms with Crippen molar-refractivity contribution in [3.63, 3.8) is 0 Å². The van der Waals surface area contributed by atoms with Crippen LogP contribution in [-0.2, 0) is 19.6 Å². The van der Waals surface area contributed by atoms with Gasteiger partial charge >= 0.3 is 6.18 Å². The highest BCUT2D eigenvalue weighted by Crippen LogP contribution is 2.42. The summed E-state index contributed by atoms with van der Waals surface area (Å²) in [6.07, 6.45) is -1.76. The molecule has 2 aromatic heterocycles. The van der Waals surface area contributed by atoms with Crippen molar-refractivity contribution in [1.82, 2.24) is 14.5 Å². The van der Waals surface area contributed by atoms with Crippen molar-refractivity contribution < 1.29 is 13.2 Å².